The molecule has 0 unspecified atom stereocenters. The molecule has 0 saturated heterocycles. The van der Waals surface area contributed by atoms with Gasteiger partial charge in [-0.25, -0.2) is 9.78 Å². The van der Waals surface area contributed by atoms with E-state index in [0.717, 1.165) is 54.3 Å². The van der Waals surface area contributed by atoms with Crippen molar-refractivity contribution in [2.45, 2.75) is 59.5 Å². The molecule has 0 atom stereocenters. The first-order valence-corrected chi connectivity index (χ1v) is 13.1. The van der Waals surface area contributed by atoms with Crippen LogP contribution in [-0.4, -0.2) is 44.1 Å². The Labute approximate surface area is 217 Å². The van der Waals surface area contributed by atoms with E-state index in [9.17, 15) is 9.90 Å². The van der Waals surface area contributed by atoms with E-state index in [1.807, 2.05) is 6.20 Å². The average molecular weight is 496 g/mol. The van der Waals surface area contributed by atoms with E-state index < -0.39 is 6.09 Å². The molecule has 0 saturated carbocycles. The molecule has 3 aromatic heterocycles. The molecule has 190 valence electrons. The maximum absolute atomic E-state index is 11.5. The largest absolute Gasteiger partial charge is 0.465 e. The van der Waals surface area contributed by atoms with Gasteiger partial charge in [-0.05, 0) is 90.8 Å². The number of aromatic nitrogens is 3. The molecule has 7 heteroatoms. The first-order valence-electron chi connectivity index (χ1n) is 13.1. The number of hydrogen-bond acceptors (Lipinski definition) is 4. The lowest BCUT2D eigenvalue weighted by atomic mass is 9.92. The fourth-order valence-corrected chi connectivity index (χ4v) is 6.04. The summed E-state index contributed by atoms with van der Waals surface area (Å²) < 4.78 is 0. The molecule has 2 N–H and O–H groups in total. The number of fused-ring (bicyclic) bond motifs is 3. The van der Waals surface area contributed by atoms with Gasteiger partial charge in [-0.15, -0.1) is 0 Å². The van der Waals surface area contributed by atoms with Crippen molar-refractivity contribution < 1.29 is 9.90 Å². The molecule has 0 radical (unpaired) electrons. The summed E-state index contributed by atoms with van der Waals surface area (Å²) in [6, 6.07) is 11.1. The molecule has 2 aliphatic rings. The highest BCUT2D eigenvalue weighted by atomic mass is 16.4. The summed E-state index contributed by atoms with van der Waals surface area (Å²) >= 11 is 0. The average Bonchev–Trinajstić information content (AvgIpc) is 3.24. The van der Waals surface area contributed by atoms with Crippen molar-refractivity contribution in [1.82, 2.24) is 19.9 Å². The zero-order valence-electron chi connectivity index (χ0n) is 21.9. The fourth-order valence-electron chi connectivity index (χ4n) is 6.04. The lowest BCUT2D eigenvalue weighted by Gasteiger charge is -2.32. The smallest absolute Gasteiger partial charge is 0.407 e. The van der Waals surface area contributed by atoms with Gasteiger partial charge in [-0.3, -0.25) is 4.98 Å². The zero-order valence-corrected chi connectivity index (χ0v) is 21.9. The summed E-state index contributed by atoms with van der Waals surface area (Å²) in [5.41, 5.74) is 11.9. The minimum Gasteiger partial charge on any atom is -0.465 e. The number of pyridine rings is 2. The Hall–Kier alpha value is -3.87. The van der Waals surface area contributed by atoms with Gasteiger partial charge in [-0.1, -0.05) is 13.8 Å². The second-order valence-electron chi connectivity index (χ2n) is 10.8. The van der Waals surface area contributed by atoms with Gasteiger partial charge in [0.1, 0.15) is 5.82 Å². The Morgan fingerprint density at radius 3 is 2.41 bits per heavy atom. The SMILES string of the molecule is Cc1cc(-c2[nH]c3cc4c(cc3c2C(C)C)CN(c2cc3c(cn2)CCN(C(=O)O)C3)CC4)cc(C)n1. The molecule has 2 aliphatic heterocycles. The van der Waals surface area contributed by atoms with Crippen LogP contribution in [-0.2, 0) is 25.9 Å². The van der Waals surface area contributed by atoms with Crippen LogP contribution in [0.15, 0.2) is 36.5 Å². The summed E-state index contributed by atoms with van der Waals surface area (Å²) in [5, 5.41) is 10.7. The van der Waals surface area contributed by atoms with Crippen molar-refractivity contribution in [2.24, 2.45) is 0 Å². The number of H-pyrrole nitrogens is 1. The van der Waals surface area contributed by atoms with E-state index >= 15 is 0 Å². The summed E-state index contributed by atoms with van der Waals surface area (Å²) in [5.74, 6) is 1.30. The minimum absolute atomic E-state index is 0.370. The molecule has 0 spiro atoms. The molecule has 5 heterocycles. The first kappa shape index (κ1) is 23.5. The van der Waals surface area contributed by atoms with Gasteiger partial charge in [-0.2, -0.15) is 0 Å². The number of aryl methyl sites for hydroxylation is 2. The van der Waals surface area contributed by atoms with Gasteiger partial charge in [0.05, 0.1) is 5.69 Å². The highest BCUT2D eigenvalue weighted by Gasteiger charge is 2.25. The van der Waals surface area contributed by atoms with Gasteiger partial charge in [0.25, 0.3) is 0 Å². The summed E-state index contributed by atoms with van der Waals surface area (Å²) in [6.45, 7) is 11.3. The quantitative estimate of drug-likeness (QED) is 0.366. The van der Waals surface area contributed by atoms with Gasteiger partial charge < -0.3 is 19.9 Å². The minimum atomic E-state index is -0.858. The van der Waals surface area contributed by atoms with Crippen LogP contribution in [0.5, 0.6) is 0 Å². The predicted molar refractivity (Wildman–Crippen MR) is 146 cm³/mol. The third-order valence-electron chi connectivity index (χ3n) is 7.79. The van der Waals surface area contributed by atoms with Crippen LogP contribution in [0.1, 0.15) is 59.0 Å². The molecule has 0 fully saturated rings. The Morgan fingerprint density at radius 2 is 1.68 bits per heavy atom. The van der Waals surface area contributed by atoms with Crippen molar-refractivity contribution >= 4 is 22.8 Å². The van der Waals surface area contributed by atoms with Gasteiger partial charge in [0.15, 0.2) is 0 Å². The maximum Gasteiger partial charge on any atom is 0.407 e. The summed E-state index contributed by atoms with van der Waals surface area (Å²) in [6.07, 6.45) is 2.75. The zero-order chi connectivity index (χ0) is 25.8. The molecular formula is C30H33N5O2. The third-order valence-corrected chi connectivity index (χ3v) is 7.79. The Morgan fingerprint density at radius 1 is 0.946 bits per heavy atom. The van der Waals surface area contributed by atoms with Crippen molar-refractivity contribution in [3.8, 4) is 11.3 Å². The highest BCUT2D eigenvalue weighted by Crippen LogP contribution is 2.38. The molecule has 0 bridgehead atoms. The van der Waals surface area contributed by atoms with Gasteiger partial charge in [0, 0.05) is 60.2 Å². The summed E-state index contributed by atoms with van der Waals surface area (Å²) in [4.78, 5) is 28.4. The van der Waals surface area contributed by atoms with E-state index in [0.29, 0.717) is 19.0 Å². The normalized spacial score (nSPS) is 15.3. The molecule has 6 rings (SSSR count). The van der Waals surface area contributed by atoms with Crippen molar-refractivity contribution in [2.75, 3.05) is 18.0 Å². The van der Waals surface area contributed by atoms with Gasteiger partial charge in [0.2, 0.25) is 0 Å². The van der Waals surface area contributed by atoms with Crippen molar-refractivity contribution in [3.05, 3.63) is 75.7 Å². The number of benzene rings is 1. The number of anilines is 1. The second kappa shape index (κ2) is 8.91. The van der Waals surface area contributed by atoms with Crippen LogP contribution in [0.3, 0.4) is 0 Å². The van der Waals surface area contributed by atoms with Crippen LogP contribution >= 0.6 is 0 Å². The van der Waals surface area contributed by atoms with Crippen LogP contribution in [0.2, 0.25) is 0 Å². The van der Waals surface area contributed by atoms with Crippen LogP contribution in [0.25, 0.3) is 22.2 Å². The Bertz CT molecular complexity index is 1520. The third kappa shape index (κ3) is 4.22. The van der Waals surface area contributed by atoms with Crippen molar-refractivity contribution in [1.29, 1.82) is 0 Å². The monoisotopic (exact) mass is 495 g/mol. The second-order valence-corrected chi connectivity index (χ2v) is 10.8. The molecular weight excluding hydrogens is 462 g/mol. The number of aromatic amines is 1. The molecule has 37 heavy (non-hydrogen) atoms. The molecule has 1 aromatic carbocycles. The standard InChI is InChI=1S/C30H33N5O2/c1-17(2)28-25-11-23-15-34(27-13-24-16-35(30(36)37)8-6-21(24)14-31-27)7-5-20(23)12-26(25)33-29(28)22-9-18(3)32-19(4)10-22/h9-14,17,33H,5-8,15-16H2,1-4H3,(H,36,37). The molecule has 7 nitrogen and oxygen atoms in total. The van der Waals surface area contributed by atoms with Crippen LogP contribution in [0, 0.1) is 13.8 Å². The molecule has 4 aromatic rings. The highest BCUT2D eigenvalue weighted by molar-refractivity contribution is 5.92. The lowest BCUT2D eigenvalue weighted by Crippen LogP contribution is -2.35. The molecule has 1 amide bonds. The first-order chi connectivity index (χ1) is 17.8. The molecule has 0 aliphatic carbocycles. The number of carbonyl (C=O) groups is 1. The summed E-state index contributed by atoms with van der Waals surface area (Å²) in [7, 11) is 0. The number of nitrogens with one attached hydrogen (secondary N) is 1. The number of rotatable bonds is 3. The number of carboxylic acid groups (broad SMARTS) is 1. The Kier molecular flexibility index (Phi) is 5.66. The van der Waals surface area contributed by atoms with Gasteiger partial charge >= 0.3 is 6.09 Å². The van der Waals surface area contributed by atoms with E-state index in [-0.39, 0.29) is 0 Å². The lowest BCUT2D eigenvalue weighted by molar-refractivity contribution is 0.140. The van der Waals surface area contributed by atoms with E-state index in [1.54, 1.807) is 0 Å². The van der Waals surface area contributed by atoms with Crippen LogP contribution < -0.4 is 4.90 Å². The fraction of sp³-hybridized carbons (Fsp3) is 0.367. The Balaban J connectivity index is 1.36. The maximum atomic E-state index is 11.5. The number of nitrogens with zero attached hydrogens (tertiary/aromatic N) is 4. The number of amides is 1. The van der Waals surface area contributed by atoms with E-state index in [4.69, 9.17) is 4.98 Å². The predicted octanol–water partition coefficient (Wildman–Crippen LogP) is 5.96. The van der Waals surface area contributed by atoms with Crippen molar-refractivity contribution in [3.63, 3.8) is 0 Å². The van der Waals surface area contributed by atoms with E-state index in [1.165, 1.54) is 43.8 Å². The van der Waals surface area contributed by atoms with E-state index in [2.05, 4.69) is 72.9 Å². The van der Waals surface area contributed by atoms with Crippen LogP contribution in [0.4, 0.5) is 10.6 Å². The topological polar surface area (TPSA) is 85.4 Å². The number of hydrogen-bond donors (Lipinski definition) is 2.